The molecule has 0 unspecified atom stereocenters. The third-order valence-electron chi connectivity index (χ3n) is 4.09. The van der Waals surface area contributed by atoms with Gasteiger partial charge in [0.1, 0.15) is 5.82 Å². The topological polar surface area (TPSA) is 46.9 Å². The van der Waals surface area contributed by atoms with Gasteiger partial charge in [0.25, 0.3) is 0 Å². The fraction of sp³-hybridized carbons (Fsp3) is 0.412. The van der Waals surface area contributed by atoms with E-state index in [1.54, 1.807) is 6.20 Å². The van der Waals surface area contributed by atoms with Crippen LogP contribution in [0.15, 0.2) is 36.5 Å². The van der Waals surface area contributed by atoms with Gasteiger partial charge in [-0.2, -0.15) is 5.10 Å². The molecule has 0 atom stereocenters. The molecule has 3 rings (SSSR count). The van der Waals surface area contributed by atoms with Crippen LogP contribution in [0, 0.1) is 6.92 Å². The summed E-state index contributed by atoms with van der Waals surface area (Å²) >= 11 is 0. The van der Waals surface area contributed by atoms with Crippen LogP contribution in [0.1, 0.15) is 42.9 Å². The highest BCUT2D eigenvalue weighted by Crippen LogP contribution is 2.31. The van der Waals surface area contributed by atoms with Gasteiger partial charge in [-0.3, -0.25) is 4.79 Å². The predicted molar refractivity (Wildman–Crippen MR) is 83.2 cm³/mol. The lowest BCUT2D eigenvalue weighted by Crippen LogP contribution is -2.19. The van der Waals surface area contributed by atoms with E-state index >= 15 is 0 Å². The Morgan fingerprint density at radius 3 is 2.67 bits per heavy atom. The van der Waals surface area contributed by atoms with Gasteiger partial charge in [-0.05, 0) is 25.3 Å². The zero-order valence-electron chi connectivity index (χ0n) is 12.4. The maximum atomic E-state index is 12.2. The molecule has 4 heteroatoms. The molecular weight excluding hydrogens is 262 g/mol. The number of carbonyl (C=O) groups is 1. The summed E-state index contributed by atoms with van der Waals surface area (Å²) in [5, 5.41) is 7.36. The first-order chi connectivity index (χ1) is 10.2. The van der Waals surface area contributed by atoms with Crippen molar-refractivity contribution in [2.24, 2.45) is 0 Å². The molecule has 1 aliphatic carbocycles. The summed E-state index contributed by atoms with van der Waals surface area (Å²) in [6.07, 6.45) is 6.98. The standard InChI is InChI=1S/C17H21N3O/c1-13-6-8-14(9-7-13)12-17(21)19-16-10-11-18-20(16)15-4-2-3-5-15/h6-11,15H,2-5,12H2,1H3,(H,19,21). The molecule has 1 heterocycles. The van der Waals surface area contributed by atoms with Gasteiger partial charge >= 0.3 is 0 Å². The molecule has 2 aromatic rings. The average Bonchev–Trinajstić information content (AvgIpc) is 3.11. The number of nitrogens with one attached hydrogen (secondary N) is 1. The Labute approximate surface area is 125 Å². The van der Waals surface area contributed by atoms with Crippen LogP contribution in [-0.4, -0.2) is 15.7 Å². The van der Waals surface area contributed by atoms with Crippen LogP contribution in [-0.2, 0) is 11.2 Å². The van der Waals surface area contributed by atoms with E-state index in [9.17, 15) is 4.79 Å². The molecular formula is C17H21N3O. The molecule has 1 aliphatic rings. The Hall–Kier alpha value is -2.10. The molecule has 1 saturated carbocycles. The Bertz CT molecular complexity index is 609. The number of aromatic nitrogens is 2. The minimum Gasteiger partial charge on any atom is -0.311 e. The summed E-state index contributed by atoms with van der Waals surface area (Å²) in [4.78, 5) is 12.2. The molecule has 0 radical (unpaired) electrons. The summed E-state index contributed by atoms with van der Waals surface area (Å²) in [5.41, 5.74) is 2.24. The SMILES string of the molecule is Cc1ccc(CC(=O)Nc2ccnn2C2CCCC2)cc1. The van der Waals surface area contributed by atoms with Crippen molar-refractivity contribution in [3.05, 3.63) is 47.7 Å². The van der Waals surface area contributed by atoms with Crippen molar-refractivity contribution in [3.8, 4) is 0 Å². The van der Waals surface area contributed by atoms with E-state index in [2.05, 4.69) is 10.4 Å². The quantitative estimate of drug-likeness (QED) is 0.933. The molecule has 4 nitrogen and oxygen atoms in total. The highest BCUT2D eigenvalue weighted by atomic mass is 16.1. The second kappa shape index (κ2) is 6.12. The number of benzene rings is 1. The van der Waals surface area contributed by atoms with Crippen LogP contribution in [0.25, 0.3) is 0 Å². The van der Waals surface area contributed by atoms with Crippen molar-refractivity contribution >= 4 is 11.7 Å². The number of nitrogens with zero attached hydrogens (tertiary/aromatic N) is 2. The minimum absolute atomic E-state index is 0.0126. The van der Waals surface area contributed by atoms with E-state index in [-0.39, 0.29) is 5.91 Å². The minimum atomic E-state index is 0.0126. The van der Waals surface area contributed by atoms with Crippen molar-refractivity contribution in [2.45, 2.75) is 45.1 Å². The monoisotopic (exact) mass is 283 g/mol. The number of hydrogen-bond acceptors (Lipinski definition) is 2. The average molecular weight is 283 g/mol. The largest absolute Gasteiger partial charge is 0.311 e. The Morgan fingerprint density at radius 2 is 1.95 bits per heavy atom. The van der Waals surface area contributed by atoms with Crippen molar-refractivity contribution in [3.63, 3.8) is 0 Å². The van der Waals surface area contributed by atoms with E-state index in [4.69, 9.17) is 0 Å². The van der Waals surface area contributed by atoms with Crippen LogP contribution in [0.3, 0.4) is 0 Å². The predicted octanol–water partition coefficient (Wildman–Crippen LogP) is 3.49. The lowest BCUT2D eigenvalue weighted by atomic mass is 10.1. The Kier molecular flexibility index (Phi) is 4.04. The second-order valence-electron chi connectivity index (χ2n) is 5.81. The van der Waals surface area contributed by atoms with Crippen LogP contribution in [0.2, 0.25) is 0 Å². The van der Waals surface area contributed by atoms with Gasteiger partial charge in [-0.1, -0.05) is 42.7 Å². The lowest BCUT2D eigenvalue weighted by Gasteiger charge is -2.14. The third-order valence-corrected chi connectivity index (χ3v) is 4.09. The van der Waals surface area contributed by atoms with Crippen LogP contribution in [0.4, 0.5) is 5.82 Å². The van der Waals surface area contributed by atoms with Crippen molar-refractivity contribution in [2.75, 3.05) is 5.32 Å². The summed E-state index contributed by atoms with van der Waals surface area (Å²) in [6.45, 7) is 2.05. The smallest absolute Gasteiger partial charge is 0.229 e. The van der Waals surface area contributed by atoms with Gasteiger partial charge in [-0.25, -0.2) is 4.68 Å². The summed E-state index contributed by atoms with van der Waals surface area (Å²) in [6, 6.07) is 10.4. The van der Waals surface area contributed by atoms with Gasteiger partial charge in [0.05, 0.1) is 18.7 Å². The van der Waals surface area contributed by atoms with Gasteiger partial charge in [0.15, 0.2) is 0 Å². The zero-order chi connectivity index (χ0) is 14.7. The van der Waals surface area contributed by atoms with Crippen LogP contribution < -0.4 is 5.32 Å². The normalized spacial score (nSPS) is 15.3. The molecule has 21 heavy (non-hydrogen) atoms. The Balaban J connectivity index is 1.65. The van der Waals surface area contributed by atoms with E-state index in [0.717, 1.165) is 24.2 Å². The van der Waals surface area contributed by atoms with E-state index in [1.807, 2.05) is 41.9 Å². The van der Waals surface area contributed by atoms with Gasteiger partial charge in [0, 0.05) is 6.07 Å². The molecule has 1 aromatic heterocycles. The Morgan fingerprint density at radius 1 is 1.24 bits per heavy atom. The molecule has 1 N–H and O–H groups in total. The molecule has 0 saturated heterocycles. The maximum Gasteiger partial charge on any atom is 0.229 e. The highest BCUT2D eigenvalue weighted by Gasteiger charge is 2.20. The van der Waals surface area contributed by atoms with E-state index in [1.165, 1.54) is 18.4 Å². The fourth-order valence-electron chi connectivity index (χ4n) is 2.93. The van der Waals surface area contributed by atoms with Crippen molar-refractivity contribution in [1.29, 1.82) is 0 Å². The van der Waals surface area contributed by atoms with Crippen LogP contribution >= 0.6 is 0 Å². The molecule has 110 valence electrons. The molecule has 0 spiro atoms. The van der Waals surface area contributed by atoms with Crippen molar-refractivity contribution in [1.82, 2.24) is 9.78 Å². The number of amides is 1. The van der Waals surface area contributed by atoms with Crippen LogP contribution in [0.5, 0.6) is 0 Å². The van der Waals surface area contributed by atoms with E-state index in [0.29, 0.717) is 12.5 Å². The molecule has 1 amide bonds. The molecule has 0 aliphatic heterocycles. The molecule has 0 bridgehead atoms. The first-order valence-electron chi connectivity index (χ1n) is 7.61. The second-order valence-corrected chi connectivity index (χ2v) is 5.81. The highest BCUT2D eigenvalue weighted by molar-refractivity contribution is 5.91. The number of hydrogen-bond donors (Lipinski definition) is 1. The number of rotatable bonds is 4. The van der Waals surface area contributed by atoms with Gasteiger partial charge in [0.2, 0.25) is 5.91 Å². The molecule has 1 fully saturated rings. The fourth-order valence-corrected chi connectivity index (χ4v) is 2.93. The van der Waals surface area contributed by atoms with E-state index < -0.39 is 0 Å². The first-order valence-corrected chi connectivity index (χ1v) is 7.61. The summed E-state index contributed by atoms with van der Waals surface area (Å²) in [7, 11) is 0. The number of aryl methyl sites for hydroxylation is 1. The third kappa shape index (κ3) is 3.32. The summed E-state index contributed by atoms with van der Waals surface area (Å²) in [5.74, 6) is 0.831. The maximum absolute atomic E-state index is 12.2. The van der Waals surface area contributed by atoms with Gasteiger partial charge < -0.3 is 5.32 Å². The molecule has 1 aromatic carbocycles. The first kappa shape index (κ1) is 13.9. The van der Waals surface area contributed by atoms with Crippen molar-refractivity contribution < 1.29 is 4.79 Å². The van der Waals surface area contributed by atoms with Gasteiger partial charge in [-0.15, -0.1) is 0 Å². The zero-order valence-corrected chi connectivity index (χ0v) is 12.4. The number of carbonyl (C=O) groups excluding carboxylic acids is 1. The number of anilines is 1. The lowest BCUT2D eigenvalue weighted by molar-refractivity contribution is -0.115. The summed E-state index contributed by atoms with van der Waals surface area (Å²) < 4.78 is 1.97.